The summed E-state index contributed by atoms with van der Waals surface area (Å²) < 4.78 is 5.60. The van der Waals surface area contributed by atoms with Gasteiger partial charge in [0.2, 0.25) is 0 Å². The van der Waals surface area contributed by atoms with Crippen molar-refractivity contribution in [2.75, 3.05) is 0 Å². The van der Waals surface area contributed by atoms with E-state index in [0.717, 1.165) is 5.56 Å². The number of aliphatic imine (C=N–C) groups is 1. The Kier molecular flexibility index (Phi) is 3.25. The van der Waals surface area contributed by atoms with Crippen LogP contribution in [0.2, 0.25) is 5.02 Å². The Labute approximate surface area is 109 Å². The van der Waals surface area contributed by atoms with Crippen molar-refractivity contribution < 1.29 is 9.53 Å². The summed E-state index contributed by atoms with van der Waals surface area (Å²) in [7, 11) is 0. The third kappa shape index (κ3) is 2.46. The number of amides is 1. The molecule has 1 aliphatic rings. The van der Waals surface area contributed by atoms with Gasteiger partial charge in [0, 0.05) is 10.6 Å². The van der Waals surface area contributed by atoms with Gasteiger partial charge in [0.1, 0.15) is 11.9 Å². The van der Waals surface area contributed by atoms with Crippen molar-refractivity contribution in [1.29, 1.82) is 0 Å². The number of carbonyl (C=O) groups is 1. The third-order valence-corrected chi connectivity index (χ3v) is 2.74. The third-order valence-electron chi connectivity index (χ3n) is 2.50. The fourth-order valence-corrected chi connectivity index (χ4v) is 1.88. The van der Waals surface area contributed by atoms with E-state index in [-0.39, 0.29) is 5.96 Å². The van der Waals surface area contributed by atoms with E-state index in [9.17, 15) is 4.79 Å². The lowest BCUT2D eigenvalue weighted by Gasteiger charge is -2.22. The molecule has 0 aliphatic carbocycles. The maximum atomic E-state index is 11.8. The average Bonchev–Trinajstić information content (AvgIpc) is 2.27. The van der Waals surface area contributed by atoms with Gasteiger partial charge >= 0.3 is 0 Å². The number of fused-ring (bicyclic) bond motifs is 1. The van der Waals surface area contributed by atoms with Gasteiger partial charge in [0.15, 0.2) is 5.96 Å². The van der Waals surface area contributed by atoms with Crippen LogP contribution in [0.4, 0.5) is 0 Å². The molecule has 2 rings (SSSR count). The van der Waals surface area contributed by atoms with E-state index in [0.29, 0.717) is 16.3 Å². The number of carbonyl (C=O) groups excluding carboxylic acids is 1. The molecule has 1 aliphatic heterocycles. The zero-order chi connectivity index (χ0) is 13.3. The molecule has 1 aromatic carbocycles. The Balaban J connectivity index is 2.43. The lowest BCUT2D eigenvalue weighted by molar-refractivity contribution is -0.115. The minimum absolute atomic E-state index is 0.273. The highest BCUT2D eigenvalue weighted by Gasteiger charge is 2.24. The maximum Gasteiger partial charge on any atom is 0.279 e. The molecule has 94 valence electrons. The van der Waals surface area contributed by atoms with Crippen LogP contribution < -0.4 is 16.2 Å². The Bertz CT molecular complexity index is 562. The average molecular weight is 266 g/mol. The molecule has 1 aromatic rings. The van der Waals surface area contributed by atoms with Gasteiger partial charge in [-0.1, -0.05) is 11.6 Å². The molecule has 1 unspecified atom stereocenters. The van der Waals surface area contributed by atoms with Gasteiger partial charge < -0.3 is 16.2 Å². The first kappa shape index (κ1) is 12.4. The largest absolute Gasteiger partial charge is 0.485 e. The number of nitrogens with zero attached hydrogens (tertiary/aromatic N) is 1. The van der Waals surface area contributed by atoms with Crippen molar-refractivity contribution in [3.05, 3.63) is 34.4 Å². The molecule has 0 fully saturated rings. The molecular formula is C12H12ClN3O2. The van der Waals surface area contributed by atoms with E-state index in [1.807, 2.05) is 0 Å². The molecule has 1 heterocycles. The SMILES string of the molecule is CC1Oc2ccc(Cl)cc2C=C1C(=O)N=C(N)N. The summed E-state index contributed by atoms with van der Waals surface area (Å²) >= 11 is 5.89. The molecule has 5 nitrogen and oxygen atoms in total. The monoisotopic (exact) mass is 265 g/mol. The highest BCUT2D eigenvalue weighted by Crippen LogP contribution is 2.32. The normalized spacial score (nSPS) is 17.2. The second-order valence-electron chi connectivity index (χ2n) is 3.88. The molecule has 0 bridgehead atoms. The predicted octanol–water partition coefficient (Wildman–Crippen LogP) is 1.30. The fourth-order valence-electron chi connectivity index (χ4n) is 1.70. The number of halogens is 1. The Morgan fingerprint density at radius 1 is 1.44 bits per heavy atom. The summed E-state index contributed by atoms with van der Waals surface area (Å²) in [5.74, 6) is -0.105. The van der Waals surface area contributed by atoms with Crippen LogP contribution in [0.3, 0.4) is 0 Å². The molecule has 0 radical (unpaired) electrons. The highest BCUT2D eigenvalue weighted by molar-refractivity contribution is 6.30. The standard InChI is InChI=1S/C12H12ClN3O2/c1-6-9(11(17)16-12(14)15)5-7-4-8(13)2-3-10(7)18-6/h2-6H,1H3,(H4,14,15,16,17). The van der Waals surface area contributed by atoms with Gasteiger partial charge in [0.25, 0.3) is 5.91 Å². The van der Waals surface area contributed by atoms with Gasteiger partial charge in [-0.15, -0.1) is 0 Å². The minimum atomic E-state index is -0.506. The zero-order valence-corrected chi connectivity index (χ0v) is 10.4. The van der Waals surface area contributed by atoms with E-state index >= 15 is 0 Å². The second-order valence-corrected chi connectivity index (χ2v) is 4.32. The van der Waals surface area contributed by atoms with Crippen LogP contribution in [-0.4, -0.2) is 18.0 Å². The molecule has 6 heteroatoms. The molecular weight excluding hydrogens is 254 g/mol. The van der Waals surface area contributed by atoms with Crippen molar-refractivity contribution in [2.45, 2.75) is 13.0 Å². The Hall–Kier alpha value is -2.01. The molecule has 1 amide bonds. The summed E-state index contributed by atoms with van der Waals surface area (Å²) in [6, 6.07) is 5.20. The van der Waals surface area contributed by atoms with Crippen molar-refractivity contribution in [2.24, 2.45) is 16.5 Å². The van der Waals surface area contributed by atoms with E-state index in [2.05, 4.69) is 4.99 Å². The first-order chi connectivity index (χ1) is 8.47. The topological polar surface area (TPSA) is 90.7 Å². The smallest absolute Gasteiger partial charge is 0.279 e. The molecule has 18 heavy (non-hydrogen) atoms. The minimum Gasteiger partial charge on any atom is -0.485 e. The second kappa shape index (κ2) is 4.70. The van der Waals surface area contributed by atoms with Gasteiger partial charge in [-0.2, -0.15) is 4.99 Å². The molecule has 0 saturated carbocycles. The lowest BCUT2D eigenvalue weighted by Crippen LogP contribution is -2.28. The van der Waals surface area contributed by atoms with Crippen LogP contribution in [0.25, 0.3) is 6.08 Å². The summed E-state index contributed by atoms with van der Waals surface area (Å²) in [6.45, 7) is 1.75. The van der Waals surface area contributed by atoms with Gasteiger partial charge in [-0.3, -0.25) is 4.79 Å². The zero-order valence-electron chi connectivity index (χ0n) is 9.68. The van der Waals surface area contributed by atoms with Gasteiger partial charge in [-0.25, -0.2) is 0 Å². The lowest BCUT2D eigenvalue weighted by atomic mass is 10.0. The number of hydrogen-bond acceptors (Lipinski definition) is 2. The maximum absolute atomic E-state index is 11.8. The van der Waals surface area contributed by atoms with E-state index in [1.54, 1.807) is 31.2 Å². The number of ether oxygens (including phenoxy) is 1. The van der Waals surface area contributed by atoms with E-state index in [1.165, 1.54) is 0 Å². The molecule has 0 saturated heterocycles. The number of guanidine groups is 1. The Morgan fingerprint density at radius 2 is 2.17 bits per heavy atom. The van der Waals surface area contributed by atoms with Gasteiger partial charge in [-0.05, 0) is 31.2 Å². The quantitative estimate of drug-likeness (QED) is 0.592. The van der Waals surface area contributed by atoms with Crippen molar-refractivity contribution in [1.82, 2.24) is 0 Å². The number of rotatable bonds is 1. The van der Waals surface area contributed by atoms with Crippen LogP contribution in [0.5, 0.6) is 5.75 Å². The number of nitrogens with two attached hydrogens (primary N) is 2. The molecule has 4 N–H and O–H groups in total. The van der Waals surface area contributed by atoms with Crippen LogP contribution in [0.15, 0.2) is 28.8 Å². The highest BCUT2D eigenvalue weighted by atomic mass is 35.5. The summed E-state index contributed by atoms with van der Waals surface area (Å²) in [5, 5.41) is 0.566. The van der Waals surface area contributed by atoms with E-state index < -0.39 is 12.0 Å². The summed E-state index contributed by atoms with van der Waals surface area (Å²) in [5.41, 5.74) is 11.5. The molecule has 0 aromatic heterocycles. The summed E-state index contributed by atoms with van der Waals surface area (Å²) in [6.07, 6.45) is 1.28. The van der Waals surface area contributed by atoms with Crippen molar-refractivity contribution in [3.63, 3.8) is 0 Å². The number of benzene rings is 1. The van der Waals surface area contributed by atoms with Crippen molar-refractivity contribution >= 4 is 29.5 Å². The molecule has 0 spiro atoms. The first-order valence-corrected chi connectivity index (χ1v) is 5.67. The van der Waals surface area contributed by atoms with Crippen LogP contribution >= 0.6 is 11.6 Å². The van der Waals surface area contributed by atoms with E-state index in [4.69, 9.17) is 27.8 Å². The van der Waals surface area contributed by atoms with Crippen molar-refractivity contribution in [3.8, 4) is 5.75 Å². The molecule has 1 atom stereocenters. The predicted molar refractivity (Wildman–Crippen MR) is 70.3 cm³/mol. The summed E-state index contributed by atoms with van der Waals surface area (Å²) in [4.78, 5) is 15.3. The first-order valence-electron chi connectivity index (χ1n) is 5.29. The van der Waals surface area contributed by atoms with Crippen LogP contribution in [-0.2, 0) is 4.79 Å². The van der Waals surface area contributed by atoms with Crippen LogP contribution in [0, 0.1) is 0 Å². The van der Waals surface area contributed by atoms with Crippen LogP contribution in [0.1, 0.15) is 12.5 Å². The fraction of sp³-hybridized carbons (Fsp3) is 0.167. The number of hydrogen-bond donors (Lipinski definition) is 2. The van der Waals surface area contributed by atoms with Gasteiger partial charge in [0.05, 0.1) is 5.57 Å². The Morgan fingerprint density at radius 3 is 2.83 bits per heavy atom.